The molecular weight excluding hydrogens is 344 g/mol. The zero-order valence-corrected chi connectivity index (χ0v) is 15.4. The maximum atomic E-state index is 12.6. The molecule has 1 atom stereocenters. The van der Waals surface area contributed by atoms with E-state index < -0.39 is 0 Å². The molecule has 3 rings (SSSR count). The van der Waals surface area contributed by atoms with Crippen LogP contribution in [0.15, 0.2) is 53.3 Å². The van der Waals surface area contributed by atoms with Crippen LogP contribution >= 0.6 is 0 Å². The summed E-state index contributed by atoms with van der Waals surface area (Å²) in [7, 11) is 1.58. The van der Waals surface area contributed by atoms with Crippen molar-refractivity contribution in [2.75, 3.05) is 7.11 Å². The van der Waals surface area contributed by atoms with E-state index in [4.69, 9.17) is 4.74 Å². The van der Waals surface area contributed by atoms with E-state index in [9.17, 15) is 9.59 Å². The molecule has 0 aliphatic heterocycles. The minimum Gasteiger partial charge on any atom is -0.496 e. The topological polar surface area (TPSA) is 86.1 Å². The third kappa shape index (κ3) is 4.31. The van der Waals surface area contributed by atoms with Crippen molar-refractivity contribution in [2.45, 2.75) is 32.4 Å². The quantitative estimate of drug-likeness (QED) is 0.691. The molecule has 1 aromatic heterocycles. The van der Waals surface area contributed by atoms with Gasteiger partial charge >= 0.3 is 0 Å². The first-order chi connectivity index (χ1) is 13.1. The number of carbonyl (C=O) groups is 1. The molecule has 7 nitrogen and oxygen atoms in total. The average molecular weight is 366 g/mol. The Bertz CT molecular complexity index is 1000. The predicted molar refractivity (Wildman–Crippen MR) is 103 cm³/mol. The summed E-state index contributed by atoms with van der Waals surface area (Å²) in [6, 6.07) is 14.3. The molecule has 0 fully saturated rings. The lowest BCUT2D eigenvalue weighted by Crippen LogP contribution is -2.41. The van der Waals surface area contributed by atoms with E-state index in [-0.39, 0.29) is 30.5 Å². The summed E-state index contributed by atoms with van der Waals surface area (Å²) in [6.07, 6.45) is 0.872. The Morgan fingerprint density at radius 3 is 2.70 bits per heavy atom. The van der Waals surface area contributed by atoms with Gasteiger partial charge in [-0.2, -0.15) is 0 Å². The number of benzene rings is 2. The van der Waals surface area contributed by atoms with Gasteiger partial charge in [-0.3, -0.25) is 9.59 Å². The largest absolute Gasteiger partial charge is 0.496 e. The van der Waals surface area contributed by atoms with Gasteiger partial charge in [0, 0.05) is 11.6 Å². The molecule has 7 heteroatoms. The molecule has 0 spiro atoms. The summed E-state index contributed by atoms with van der Waals surface area (Å²) < 4.78 is 6.59. The van der Waals surface area contributed by atoms with Crippen molar-refractivity contribution in [3.8, 4) is 5.75 Å². The first kappa shape index (κ1) is 18.6. The Morgan fingerprint density at radius 1 is 1.19 bits per heavy atom. The van der Waals surface area contributed by atoms with Gasteiger partial charge < -0.3 is 10.1 Å². The maximum absolute atomic E-state index is 12.6. The molecule has 0 aliphatic carbocycles. The van der Waals surface area contributed by atoms with Gasteiger partial charge in [-0.05, 0) is 24.6 Å². The van der Waals surface area contributed by atoms with Crippen LogP contribution in [0, 0.1) is 0 Å². The average Bonchev–Trinajstić information content (AvgIpc) is 2.70. The number of hydrogen-bond donors (Lipinski definition) is 1. The van der Waals surface area contributed by atoms with E-state index >= 15 is 0 Å². The van der Waals surface area contributed by atoms with E-state index in [1.54, 1.807) is 25.3 Å². The van der Waals surface area contributed by atoms with E-state index in [1.165, 1.54) is 4.68 Å². The van der Waals surface area contributed by atoms with Gasteiger partial charge in [-0.25, -0.2) is 4.68 Å². The molecule has 0 radical (unpaired) electrons. The van der Waals surface area contributed by atoms with Gasteiger partial charge in [0.2, 0.25) is 5.91 Å². The molecule has 0 bridgehead atoms. The van der Waals surface area contributed by atoms with Crippen LogP contribution in [-0.2, 0) is 17.8 Å². The molecule has 1 N–H and O–H groups in total. The van der Waals surface area contributed by atoms with Crippen molar-refractivity contribution in [1.29, 1.82) is 0 Å². The van der Waals surface area contributed by atoms with Gasteiger partial charge in [-0.1, -0.05) is 42.5 Å². The Morgan fingerprint density at radius 2 is 1.93 bits per heavy atom. The van der Waals surface area contributed by atoms with E-state index in [1.807, 2.05) is 37.3 Å². The summed E-state index contributed by atoms with van der Waals surface area (Å²) in [5, 5.41) is 11.6. The number of methoxy groups -OCH3 is 1. The van der Waals surface area contributed by atoms with Crippen LogP contribution in [0.5, 0.6) is 5.75 Å². The Labute approximate surface area is 157 Å². The second-order valence-corrected chi connectivity index (χ2v) is 6.26. The minimum absolute atomic E-state index is 0.131. The van der Waals surface area contributed by atoms with Gasteiger partial charge in [0.1, 0.15) is 11.3 Å². The van der Waals surface area contributed by atoms with Crippen LogP contribution in [0.4, 0.5) is 0 Å². The number of para-hydroxylation sites is 1. The number of nitrogens with zero attached hydrogens (tertiary/aromatic N) is 3. The number of aromatic nitrogens is 3. The lowest BCUT2D eigenvalue weighted by atomic mass is 10.1. The van der Waals surface area contributed by atoms with E-state index in [2.05, 4.69) is 15.6 Å². The lowest BCUT2D eigenvalue weighted by Gasteiger charge is -2.18. The number of carbonyl (C=O) groups excluding carboxylic acids is 1. The standard InChI is InChI=1S/C20H22N4O3/c1-3-15(21-19(25)12-14-8-4-7-11-18(14)27-2)13-24-20(26)16-9-5-6-10-17(16)22-23-24/h4-11,15H,3,12-13H2,1-2H3,(H,21,25)/t15-/m0/s1. The monoisotopic (exact) mass is 366 g/mol. The highest BCUT2D eigenvalue weighted by molar-refractivity contribution is 5.79. The highest BCUT2D eigenvalue weighted by Gasteiger charge is 2.15. The first-order valence-electron chi connectivity index (χ1n) is 8.86. The van der Waals surface area contributed by atoms with E-state index in [0.717, 1.165) is 5.56 Å². The molecule has 0 saturated carbocycles. The maximum Gasteiger partial charge on any atom is 0.277 e. The summed E-state index contributed by atoms with van der Waals surface area (Å²) in [5.74, 6) is 0.547. The zero-order valence-electron chi connectivity index (χ0n) is 15.4. The van der Waals surface area contributed by atoms with Crippen molar-refractivity contribution in [2.24, 2.45) is 0 Å². The van der Waals surface area contributed by atoms with Crippen LogP contribution in [0.3, 0.4) is 0 Å². The molecule has 1 heterocycles. The normalized spacial score (nSPS) is 11.9. The smallest absolute Gasteiger partial charge is 0.277 e. The summed E-state index contributed by atoms with van der Waals surface area (Å²) in [6.45, 7) is 2.22. The number of ether oxygens (including phenoxy) is 1. The molecule has 1 amide bonds. The summed E-state index contributed by atoms with van der Waals surface area (Å²) in [4.78, 5) is 25.0. The predicted octanol–water partition coefficient (Wildman–Crippen LogP) is 1.94. The van der Waals surface area contributed by atoms with Crippen LogP contribution in [0.25, 0.3) is 10.9 Å². The Kier molecular flexibility index (Phi) is 5.80. The third-order valence-corrected chi connectivity index (χ3v) is 4.42. The molecule has 27 heavy (non-hydrogen) atoms. The number of rotatable bonds is 7. The highest BCUT2D eigenvalue weighted by Crippen LogP contribution is 2.17. The van der Waals surface area contributed by atoms with Crippen molar-refractivity contribution >= 4 is 16.8 Å². The molecule has 3 aromatic rings. The second-order valence-electron chi connectivity index (χ2n) is 6.26. The first-order valence-corrected chi connectivity index (χ1v) is 8.86. The van der Waals surface area contributed by atoms with Gasteiger partial charge in [0.05, 0.1) is 25.5 Å². The van der Waals surface area contributed by atoms with Crippen molar-refractivity contribution < 1.29 is 9.53 Å². The highest BCUT2D eigenvalue weighted by atomic mass is 16.5. The molecule has 140 valence electrons. The summed E-state index contributed by atoms with van der Waals surface area (Å²) in [5.41, 5.74) is 1.17. The van der Waals surface area contributed by atoms with Crippen LogP contribution < -0.4 is 15.6 Å². The third-order valence-electron chi connectivity index (χ3n) is 4.42. The zero-order chi connectivity index (χ0) is 19.2. The number of fused-ring (bicyclic) bond motifs is 1. The van der Waals surface area contributed by atoms with Crippen LogP contribution in [-0.4, -0.2) is 34.1 Å². The van der Waals surface area contributed by atoms with E-state index in [0.29, 0.717) is 23.1 Å². The number of nitrogens with one attached hydrogen (secondary N) is 1. The van der Waals surface area contributed by atoms with Crippen molar-refractivity contribution in [1.82, 2.24) is 20.3 Å². The number of hydrogen-bond acceptors (Lipinski definition) is 5. The van der Waals surface area contributed by atoms with Gasteiger partial charge in [-0.15, -0.1) is 5.10 Å². The fraction of sp³-hybridized carbons (Fsp3) is 0.300. The molecule has 0 aliphatic rings. The Balaban J connectivity index is 1.71. The SMILES string of the molecule is CC[C@@H](Cn1nnc2ccccc2c1=O)NC(=O)Cc1ccccc1OC. The molecule has 2 aromatic carbocycles. The Hall–Kier alpha value is -3.22. The van der Waals surface area contributed by atoms with Gasteiger partial charge in [0.25, 0.3) is 5.56 Å². The van der Waals surface area contributed by atoms with Crippen molar-refractivity contribution in [3.63, 3.8) is 0 Å². The fourth-order valence-corrected chi connectivity index (χ4v) is 2.93. The minimum atomic E-state index is -0.222. The second kappa shape index (κ2) is 8.44. The van der Waals surface area contributed by atoms with Crippen molar-refractivity contribution in [3.05, 3.63) is 64.4 Å². The molecular formula is C20H22N4O3. The number of amides is 1. The molecule has 0 unspecified atom stereocenters. The van der Waals surface area contributed by atoms with Gasteiger partial charge in [0.15, 0.2) is 0 Å². The summed E-state index contributed by atoms with van der Waals surface area (Å²) >= 11 is 0. The molecule has 0 saturated heterocycles. The van der Waals surface area contributed by atoms with Crippen LogP contribution in [0.2, 0.25) is 0 Å². The van der Waals surface area contributed by atoms with Crippen LogP contribution in [0.1, 0.15) is 18.9 Å². The lowest BCUT2D eigenvalue weighted by molar-refractivity contribution is -0.121. The fourth-order valence-electron chi connectivity index (χ4n) is 2.93.